The summed E-state index contributed by atoms with van der Waals surface area (Å²) in [6.45, 7) is 5.72. The van der Waals surface area contributed by atoms with Crippen molar-refractivity contribution < 1.29 is 9.53 Å². The van der Waals surface area contributed by atoms with Crippen molar-refractivity contribution >= 4 is 34.8 Å². The molecule has 1 N–H and O–H groups in total. The molecule has 0 aliphatic rings. The van der Waals surface area contributed by atoms with Gasteiger partial charge in [0.1, 0.15) is 5.75 Å². The van der Waals surface area contributed by atoms with E-state index in [1.165, 1.54) is 5.56 Å². The zero-order chi connectivity index (χ0) is 16.3. The Morgan fingerprint density at radius 2 is 1.68 bits per heavy atom. The Hall–Kier alpha value is -1.71. The molecular formula is C17H17Cl2NO2. The summed E-state index contributed by atoms with van der Waals surface area (Å²) in [5.74, 6) is 0.395. The fraction of sp³-hybridized carbons (Fsp3) is 0.235. The first-order chi connectivity index (χ1) is 10.3. The molecule has 0 fully saturated rings. The number of halogens is 2. The summed E-state index contributed by atoms with van der Waals surface area (Å²) in [5.41, 5.74) is 2.84. The molecule has 0 aliphatic heterocycles. The van der Waals surface area contributed by atoms with E-state index in [-0.39, 0.29) is 5.91 Å². The van der Waals surface area contributed by atoms with Gasteiger partial charge in [-0.25, -0.2) is 0 Å². The molecule has 0 heterocycles. The van der Waals surface area contributed by atoms with Gasteiger partial charge in [0, 0.05) is 15.7 Å². The van der Waals surface area contributed by atoms with Crippen LogP contribution in [0.25, 0.3) is 0 Å². The largest absolute Gasteiger partial charge is 0.481 e. The first kappa shape index (κ1) is 16.7. The molecule has 5 heteroatoms. The number of ether oxygens (including phenoxy) is 1. The molecule has 0 spiro atoms. The highest BCUT2D eigenvalue weighted by atomic mass is 35.5. The third-order valence-corrected chi connectivity index (χ3v) is 3.73. The number of aryl methyl sites for hydroxylation is 2. The van der Waals surface area contributed by atoms with Gasteiger partial charge in [-0.15, -0.1) is 0 Å². The molecule has 2 rings (SSSR count). The SMILES string of the molecule is Cc1ccc(O[C@@H](C)C(=O)Nc2cc(Cl)cc(Cl)c2)cc1C. The topological polar surface area (TPSA) is 38.3 Å². The van der Waals surface area contributed by atoms with E-state index in [0.717, 1.165) is 5.56 Å². The number of carbonyl (C=O) groups excluding carboxylic acids is 1. The average molecular weight is 338 g/mol. The molecular weight excluding hydrogens is 321 g/mol. The van der Waals surface area contributed by atoms with Gasteiger partial charge in [0.2, 0.25) is 0 Å². The molecule has 2 aromatic rings. The van der Waals surface area contributed by atoms with Crippen molar-refractivity contribution in [2.75, 3.05) is 5.32 Å². The molecule has 0 bridgehead atoms. The van der Waals surface area contributed by atoms with Gasteiger partial charge < -0.3 is 10.1 Å². The fourth-order valence-electron chi connectivity index (χ4n) is 1.91. The Balaban J connectivity index is 2.04. The first-order valence-corrected chi connectivity index (χ1v) is 7.61. The van der Waals surface area contributed by atoms with Gasteiger partial charge in [0.25, 0.3) is 5.91 Å². The smallest absolute Gasteiger partial charge is 0.265 e. The molecule has 0 radical (unpaired) electrons. The van der Waals surface area contributed by atoms with Gasteiger partial charge in [0.05, 0.1) is 0 Å². The van der Waals surface area contributed by atoms with Gasteiger partial charge in [-0.2, -0.15) is 0 Å². The second-order valence-electron chi connectivity index (χ2n) is 5.15. The summed E-state index contributed by atoms with van der Waals surface area (Å²) < 4.78 is 5.67. The van der Waals surface area contributed by atoms with Crippen molar-refractivity contribution in [3.8, 4) is 5.75 Å². The lowest BCUT2D eigenvalue weighted by atomic mass is 10.1. The van der Waals surface area contributed by atoms with Crippen LogP contribution in [-0.4, -0.2) is 12.0 Å². The molecule has 1 amide bonds. The van der Waals surface area contributed by atoms with Crippen molar-refractivity contribution in [1.82, 2.24) is 0 Å². The minimum Gasteiger partial charge on any atom is -0.481 e. The predicted octanol–water partition coefficient (Wildman–Crippen LogP) is 5.02. The molecule has 22 heavy (non-hydrogen) atoms. The third-order valence-electron chi connectivity index (χ3n) is 3.29. The number of anilines is 1. The summed E-state index contributed by atoms with van der Waals surface area (Å²) in [7, 11) is 0. The van der Waals surface area contributed by atoms with E-state index in [0.29, 0.717) is 21.5 Å². The summed E-state index contributed by atoms with van der Waals surface area (Å²) in [4.78, 5) is 12.2. The molecule has 2 aromatic carbocycles. The summed E-state index contributed by atoms with van der Waals surface area (Å²) in [6.07, 6.45) is -0.639. The molecule has 1 atom stereocenters. The highest BCUT2D eigenvalue weighted by Gasteiger charge is 2.15. The monoisotopic (exact) mass is 337 g/mol. The van der Waals surface area contributed by atoms with Crippen LogP contribution in [0.5, 0.6) is 5.75 Å². The van der Waals surface area contributed by atoms with Crippen LogP contribution in [0.1, 0.15) is 18.1 Å². The zero-order valence-corrected chi connectivity index (χ0v) is 14.1. The normalized spacial score (nSPS) is 11.9. The fourth-order valence-corrected chi connectivity index (χ4v) is 2.44. The molecule has 0 saturated carbocycles. The third kappa shape index (κ3) is 4.39. The minimum absolute atomic E-state index is 0.267. The second-order valence-corrected chi connectivity index (χ2v) is 6.03. The highest BCUT2D eigenvalue weighted by Crippen LogP contribution is 2.23. The van der Waals surface area contributed by atoms with E-state index >= 15 is 0 Å². The predicted molar refractivity (Wildman–Crippen MR) is 91.1 cm³/mol. The van der Waals surface area contributed by atoms with E-state index in [1.54, 1.807) is 25.1 Å². The molecule has 0 aromatic heterocycles. The summed E-state index contributed by atoms with van der Waals surface area (Å²) in [5, 5.41) is 3.66. The number of amides is 1. The van der Waals surface area contributed by atoms with Crippen LogP contribution in [0.4, 0.5) is 5.69 Å². The van der Waals surface area contributed by atoms with Crippen LogP contribution >= 0.6 is 23.2 Å². The van der Waals surface area contributed by atoms with Crippen LogP contribution in [0.3, 0.4) is 0 Å². The quantitative estimate of drug-likeness (QED) is 0.850. The van der Waals surface area contributed by atoms with E-state index < -0.39 is 6.10 Å². The molecule has 0 unspecified atom stereocenters. The van der Waals surface area contributed by atoms with Gasteiger partial charge in [-0.05, 0) is 62.2 Å². The van der Waals surface area contributed by atoms with Crippen molar-refractivity contribution in [3.05, 3.63) is 57.6 Å². The van der Waals surface area contributed by atoms with Gasteiger partial charge in [-0.1, -0.05) is 29.3 Å². The second kappa shape index (κ2) is 7.03. The number of hydrogen-bond donors (Lipinski definition) is 1. The van der Waals surface area contributed by atoms with Crippen molar-refractivity contribution in [2.24, 2.45) is 0 Å². The van der Waals surface area contributed by atoms with Crippen molar-refractivity contribution in [2.45, 2.75) is 26.9 Å². The van der Waals surface area contributed by atoms with E-state index in [9.17, 15) is 4.79 Å². The Labute approximate surface area is 140 Å². The lowest BCUT2D eigenvalue weighted by molar-refractivity contribution is -0.122. The first-order valence-electron chi connectivity index (χ1n) is 6.86. The Morgan fingerprint density at radius 1 is 1.05 bits per heavy atom. The molecule has 0 aliphatic carbocycles. The average Bonchev–Trinajstić information content (AvgIpc) is 2.41. The minimum atomic E-state index is -0.639. The Kier molecular flexibility index (Phi) is 5.33. The zero-order valence-electron chi connectivity index (χ0n) is 12.6. The number of nitrogens with one attached hydrogen (secondary N) is 1. The van der Waals surface area contributed by atoms with Gasteiger partial charge in [-0.3, -0.25) is 4.79 Å². The molecule has 0 saturated heterocycles. The maximum Gasteiger partial charge on any atom is 0.265 e. The van der Waals surface area contributed by atoms with Crippen LogP contribution < -0.4 is 10.1 Å². The standard InChI is InChI=1S/C17H17Cl2NO2/c1-10-4-5-16(6-11(10)2)22-12(3)17(21)20-15-8-13(18)7-14(19)9-15/h4-9,12H,1-3H3,(H,20,21)/t12-/m0/s1. The Morgan fingerprint density at radius 3 is 2.27 bits per heavy atom. The molecule has 116 valence electrons. The van der Waals surface area contributed by atoms with Crippen LogP contribution in [0, 0.1) is 13.8 Å². The van der Waals surface area contributed by atoms with Gasteiger partial charge in [0.15, 0.2) is 6.10 Å². The highest BCUT2D eigenvalue weighted by molar-refractivity contribution is 6.35. The van der Waals surface area contributed by atoms with Crippen molar-refractivity contribution in [3.63, 3.8) is 0 Å². The van der Waals surface area contributed by atoms with Gasteiger partial charge >= 0.3 is 0 Å². The van der Waals surface area contributed by atoms with Crippen LogP contribution in [-0.2, 0) is 4.79 Å². The summed E-state index contributed by atoms with van der Waals surface area (Å²) >= 11 is 11.8. The van der Waals surface area contributed by atoms with E-state index in [1.807, 2.05) is 32.0 Å². The number of carbonyl (C=O) groups is 1. The summed E-state index contributed by atoms with van der Waals surface area (Å²) in [6, 6.07) is 10.6. The van der Waals surface area contributed by atoms with E-state index in [2.05, 4.69) is 5.32 Å². The van der Waals surface area contributed by atoms with E-state index in [4.69, 9.17) is 27.9 Å². The lowest BCUT2D eigenvalue weighted by Crippen LogP contribution is -2.30. The number of rotatable bonds is 4. The van der Waals surface area contributed by atoms with Crippen LogP contribution in [0.2, 0.25) is 10.0 Å². The lowest BCUT2D eigenvalue weighted by Gasteiger charge is -2.16. The number of hydrogen-bond acceptors (Lipinski definition) is 2. The maximum absolute atomic E-state index is 12.2. The maximum atomic E-state index is 12.2. The molecule has 3 nitrogen and oxygen atoms in total. The van der Waals surface area contributed by atoms with Crippen molar-refractivity contribution in [1.29, 1.82) is 0 Å². The number of benzene rings is 2. The van der Waals surface area contributed by atoms with Crippen LogP contribution in [0.15, 0.2) is 36.4 Å². The Bertz CT molecular complexity index is 681.